The van der Waals surface area contributed by atoms with Crippen molar-refractivity contribution in [1.82, 2.24) is 24.8 Å². The van der Waals surface area contributed by atoms with Gasteiger partial charge in [0.25, 0.3) is 5.91 Å². The van der Waals surface area contributed by atoms with Crippen molar-refractivity contribution in [3.8, 4) is 0 Å². The molecule has 7 heteroatoms. The number of piperazine rings is 1. The Kier molecular flexibility index (Phi) is 5.00. The lowest BCUT2D eigenvalue weighted by atomic mass is 10.1. The van der Waals surface area contributed by atoms with Crippen molar-refractivity contribution in [3.63, 3.8) is 0 Å². The number of aryl methyl sites for hydroxylation is 2. The second-order valence-corrected chi connectivity index (χ2v) is 7.10. The van der Waals surface area contributed by atoms with Gasteiger partial charge in [-0.15, -0.1) is 0 Å². The zero-order valence-corrected chi connectivity index (χ0v) is 16.0. The molecule has 144 valence electrons. The van der Waals surface area contributed by atoms with Gasteiger partial charge in [0.15, 0.2) is 0 Å². The first-order chi connectivity index (χ1) is 13.5. The molecule has 1 fully saturated rings. The number of nitrogens with zero attached hydrogens (tertiary/aromatic N) is 5. The summed E-state index contributed by atoms with van der Waals surface area (Å²) in [5.41, 5.74) is 3.65. The molecule has 2 aromatic heterocycles. The number of pyridine rings is 1. The first kappa shape index (κ1) is 18.4. The number of hydrogen-bond acceptors (Lipinski definition) is 5. The second kappa shape index (κ2) is 7.59. The van der Waals surface area contributed by atoms with Crippen molar-refractivity contribution in [2.75, 3.05) is 26.2 Å². The van der Waals surface area contributed by atoms with Crippen LogP contribution in [0, 0.1) is 19.7 Å². The summed E-state index contributed by atoms with van der Waals surface area (Å²) in [6, 6.07) is 8.47. The molecule has 1 amide bonds. The highest BCUT2D eigenvalue weighted by molar-refractivity contribution is 6.04. The number of carbonyl (C=O) groups excluding carboxylic acids is 1. The number of aromatic nitrogens is 3. The lowest BCUT2D eigenvalue weighted by Crippen LogP contribution is -2.48. The van der Waals surface area contributed by atoms with Crippen LogP contribution < -0.4 is 0 Å². The zero-order valence-electron chi connectivity index (χ0n) is 16.0. The molecule has 0 saturated carbocycles. The number of hydrogen-bond donors (Lipinski definition) is 0. The van der Waals surface area contributed by atoms with E-state index in [4.69, 9.17) is 0 Å². The van der Waals surface area contributed by atoms with E-state index >= 15 is 0 Å². The molecule has 6 nitrogen and oxygen atoms in total. The molecular weight excluding hydrogens is 357 g/mol. The van der Waals surface area contributed by atoms with Crippen molar-refractivity contribution in [2.24, 2.45) is 0 Å². The summed E-state index contributed by atoms with van der Waals surface area (Å²) in [5.74, 6) is -0.665. The van der Waals surface area contributed by atoms with Crippen molar-refractivity contribution < 1.29 is 9.18 Å². The Balaban J connectivity index is 1.52. The SMILES string of the molecule is Cc1nc2cc(F)cc(C(=O)N3CCN(Cc4ccccn4)CC3)c2nc1C. The molecule has 1 saturated heterocycles. The van der Waals surface area contributed by atoms with Crippen LogP contribution in [0.4, 0.5) is 4.39 Å². The zero-order chi connectivity index (χ0) is 19.7. The fraction of sp³-hybridized carbons (Fsp3) is 0.333. The van der Waals surface area contributed by atoms with E-state index in [0.29, 0.717) is 24.1 Å². The summed E-state index contributed by atoms with van der Waals surface area (Å²) in [5, 5.41) is 0. The van der Waals surface area contributed by atoms with Gasteiger partial charge in [0.1, 0.15) is 11.3 Å². The smallest absolute Gasteiger partial charge is 0.256 e. The molecule has 1 aliphatic heterocycles. The second-order valence-electron chi connectivity index (χ2n) is 7.10. The highest BCUT2D eigenvalue weighted by Crippen LogP contribution is 2.21. The van der Waals surface area contributed by atoms with Gasteiger partial charge in [-0.25, -0.2) is 14.4 Å². The van der Waals surface area contributed by atoms with Gasteiger partial charge in [-0.1, -0.05) is 6.07 Å². The number of benzene rings is 1. The Hall–Kier alpha value is -2.93. The third kappa shape index (κ3) is 3.71. The van der Waals surface area contributed by atoms with Gasteiger partial charge in [-0.2, -0.15) is 0 Å². The quantitative estimate of drug-likeness (QED) is 0.700. The minimum absolute atomic E-state index is 0.195. The van der Waals surface area contributed by atoms with Gasteiger partial charge in [0.2, 0.25) is 0 Å². The minimum atomic E-state index is -0.470. The van der Waals surface area contributed by atoms with Crippen molar-refractivity contribution in [2.45, 2.75) is 20.4 Å². The van der Waals surface area contributed by atoms with Crippen molar-refractivity contribution >= 4 is 16.9 Å². The molecule has 28 heavy (non-hydrogen) atoms. The van der Waals surface area contributed by atoms with Crippen LogP contribution in [0.15, 0.2) is 36.5 Å². The van der Waals surface area contributed by atoms with Crippen molar-refractivity contribution in [1.29, 1.82) is 0 Å². The first-order valence-corrected chi connectivity index (χ1v) is 9.37. The molecule has 0 unspecified atom stereocenters. The molecule has 1 aromatic carbocycles. The molecule has 1 aliphatic rings. The third-order valence-corrected chi connectivity index (χ3v) is 5.15. The Morgan fingerprint density at radius 2 is 1.82 bits per heavy atom. The van der Waals surface area contributed by atoms with E-state index < -0.39 is 5.82 Å². The number of halogens is 1. The Morgan fingerprint density at radius 3 is 2.54 bits per heavy atom. The molecule has 3 heterocycles. The van der Waals surface area contributed by atoms with Gasteiger partial charge in [0, 0.05) is 45.0 Å². The number of carbonyl (C=O) groups is 1. The average molecular weight is 379 g/mol. The van der Waals surface area contributed by atoms with Crippen LogP contribution in [0.2, 0.25) is 0 Å². The molecule has 0 spiro atoms. The van der Waals surface area contributed by atoms with Crippen LogP contribution in [0.25, 0.3) is 11.0 Å². The highest BCUT2D eigenvalue weighted by atomic mass is 19.1. The fourth-order valence-corrected chi connectivity index (χ4v) is 3.46. The van der Waals surface area contributed by atoms with Gasteiger partial charge in [-0.3, -0.25) is 14.7 Å². The van der Waals surface area contributed by atoms with Crippen LogP contribution >= 0.6 is 0 Å². The molecule has 0 N–H and O–H groups in total. The number of fused-ring (bicyclic) bond motifs is 1. The average Bonchev–Trinajstić information content (AvgIpc) is 2.69. The number of amides is 1. The topological polar surface area (TPSA) is 62.2 Å². The molecule has 0 radical (unpaired) electrons. The molecule has 3 aromatic rings. The van der Waals surface area contributed by atoms with Crippen LogP contribution in [0.3, 0.4) is 0 Å². The van der Waals surface area contributed by atoms with E-state index in [1.165, 1.54) is 12.1 Å². The van der Waals surface area contributed by atoms with Crippen LogP contribution in [0.5, 0.6) is 0 Å². The maximum atomic E-state index is 14.1. The molecule has 4 rings (SSSR count). The first-order valence-electron chi connectivity index (χ1n) is 9.37. The largest absolute Gasteiger partial charge is 0.336 e. The summed E-state index contributed by atoms with van der Waals surface area (Å²) in [6.45, 7) is 7.10. The minimum Gasteiger partial charge on any atom is -0.336 e. The summed E-state index contributed by atoms with van der Waals surface area (Å²) in [6.07, 6.45) is 1.79. The van der Waals surface area contributed by atoms with E-state index in [9.17, 15) is 9.18 Å². The van der Waals surface area contributed by atoms with E-state index in [2.05, 4.69) is 19.9 Å². The molecule has 0 aliphatic carbocycles. The van der Waals surface area contributed by atoms with Gasteiger partial charge in [0.05, 0.1) is 28.2 Å². The van der Waals surface area contributed by atoms with Gasteiger partial charge < -0.3 is 4.90 Å². The Labute approximate surface area is 163 Å². The maximum Gasteiger partial charge on any atom is 0.256 e. The standard InChI is InChI=1S/C21H22FN5O/c1-14-15(2)25-20-18(11-16(22)12-19(20)24-14)21(28)27-9-7-26(8-10-27)13-17-5-3-4-6-23-17/h3-6,11-12H,7-10,13H2,1-2H3. The molecule has 0 bridgehead atoms. The van der Waals surface area contributed by atoms with E-state index in [0.717, 1.165) is 36.7 Å². The summed E-state index contributed by atoms with van der Waals surface area (Å²) in [7, 11) is 0. The Bertz CT molecular complexity index is 1020. The highest BCUT2D eigenvalue weighted by Gasteiger charge is 2.25. The van der Waals surface area contributed by atoms with Crippen LogP contribution in [-0.2, 0) is 6.54 Å². The monoisotopic (exact) mass is 379 g/mol. The van der Waals surface area contributed by atoms with Crippen LogP contribution in [-0.4, -0.2) is 56.8 Å². The van der Waals surface area contributed by atoms with Crippen LogP contribution in [0.1, 0.15) is 27.4 Å². The van der Waals surface area contributed by atoms with Gasteiger partial charge >= 0.3 is 0 Å². The van der Waals surface area contributed by atoms with E-state index in [-0.39, 0.29) is 11.5 Å². The Morgan fingerprint density at radius 1 is 1.07 bits per heavy atom. The lowest BCUT2D eigenvalue weighted by Gasteiger charge is -2.34. The maximum absolute atomic E-state index is 14.1. The van der Waals surface area contributed by atoms with E-state index in [1.807, 2.05) is 32.0 Å². The van der Waals surface area contributed by atoms with Crippen molar-refractivity contribution in [3.05, 3.63) is 65.0 Å². The summed E-state index contributed by atoms with van der Waals surface area (Å²) < 4.78 is 14.1. The van der Waals surface area contributed by atoms with Gasteiger partial charge in [-0.05, 0) is 32.0 Å². The summed E-state index contributed by atoms with van der Waals surface area (Å²) >= 11 is 0. The third-order valence-electron chi connectivity index (χ3n) is 5.15. The lowest BCUT2D eigenvalue weighted by molar-refractivity contribution is 0.0628. The summed E-state index contributed by atoms with van der Waals surface area (Å²) in [4.78, 5) is 30.4. The van der Waals surface area contributed by atoms with E-state index in [1.54, 1.807) is 11.1 Å². The molecular formula is C21H22FN5O. The number of rotatable bonds is 3. The normalized spacial score (nSPS) is 15.2. The predicted octanol–water partition coefficient (Wildman–Crippen LogP) is 2.74. The molecule has 0 atom stereocenters. The predicted molar refractivity (Wildman–Crippen MR) is 104 cm³/mol. The fourth-order valence-electron chi connectivity index (χ4n) is 3.46.